The van der Waals surface area contributed by atoms with Crippen molar-refractivity contribution in [2.45, 2.75) is 33.2 Å². The monoisotopic (exact) mass is 367 g/mol. The van der Waals surface area contributed by atoms with Crippen molar-refractivity contribution in [1.29, 1.82) is 0 Å². The third kappa shape index (κ3) is 4.39. The zero-order valence-electron chi connectivity index (χ0n) is 15.9. The van der Waals surface area contributed by atoms with E-state index >= 15 is 0 Å². The third-order valence-corrected chi connectivity index (χ3v) is 4.74. The second-order valence-corrected chi connectivity index (χ2v) is 6.66. The number of anilines is 2. The quantitative estimate of drug-likeness (QED) is 0.848. The zero-order chi connectivity index (χ0) is 19.4. The predicted octanol–water partition coefficient (Wildman–Crippen LogP) is 3.63. The molecule has 0 unspecified atom stereocenters. The topological polar surface area (TPSA) is 70.7 Å². The minimum absolute atomic E-state index is 0.0832. The Morgan fingerprint density at radius 3 is 2.56 bits per heavy atom. The van der Waals surface area contributed by atoms with Crippen molar-refractivity contribution in [2.75, 3.05) is 23.4 Å². The van der Waals surface area contributed by atoms with Crippen molar-refractivity contribution in [1.82, 2.24) is 5.32 Å². The Balaban J connectivity index is 1.58. The average Bonchev–Trinajstić information content (AvgIpc) is 3.00. The maximum Gasteiger partial charge on any atom is 0.319 e. The molecule has 1 aliphatic rings. The minimum atomic E-state index is -0.519. The van der Waals surface area contributed by atoms with Gasteiger partial charge in [-0.15, -0.1) is 0 Å². The molecule has 0 saturated carbocycles. The van der Waals surface area contributed by atoms with Gasteiger partial charge in [0, 0.05) is 17.9 Å². The number of urea groups is 1. The van der Waals surface area contributed by atoms with Gasteiger partial charge in [0.05, 0.1) is 6.61 Å². The normalized spacial score (nSPS) is 16.3. The molecule has 142 valence electrons. The lowest BCUT2D eigenvalue weighted by atomic mass is 10.1. The highest BCUT2D eigenvalue weighted by Crippen LogP contribution is 2.24. The number of carbonyl (C=O) groups excluding carboxylic acids is 2. The fourth-order valence-electron chi connectivity index (χ4n) is 3.09. The van der Waals surface area contributed by atoms with Gasteiger partial charge < -0.3 is 20.3 Å². The molecule has 2 N–H and O–H groups in total. The molecule has 1 fully saturated rings. The predicted molar refractivity (Wildman–Crippen MR) is 106 cm³/mol. The number of carbonyl (C=O) groups is 2. The molecule has 27 heavy (non-hydrogen) atoms. The maximum absolute atomic E-state index is 12.7. The molecular weight excluding hydrogens is 342 g/mol. The number of hydrogen-bond acceptors (Lipinski definition) is 3. The van der Waals surface area contributed by atoms with Crippen LogP contribution in [-0.4, -0.2) is 31.1 Å². The summed E-state index contributed by atoms with van der Waals surface area (Å²) in [5.41, 5.74) is 3.85. The molecule has 0 bridgehead atoms. The van der Waals surface area contributed by atoms with E-state index in [2.05, 4.69) is 10.6 Å². The molecule has 1 saturated heterocycles. The van der Waals surface area contributed by atoms with E-state index in [1.165, 1.54) is 5.56 Å². The average molecular weight is 367 g/mol. The number of benzene rings is 2. The second-order valence-electron chi connectivity index (χ2n) is 6.66. The molecule has 0 aliphatic carbocycles. The van der Waals surface area contributed by atoms with E-state index in [-0.39, 0.29) is 11.9 Å². The number of amides is 3. The van der Waals surface area contributed by atoms with Crippen molar-refractivity contribution in [2.24, 2.45) is 0 Å². The summed E-state index contributed by atoms with van der Waals surface area (Å²) in [5, 5.41) is 5.52. The largest absolute Gasteiger partial charge is 0.494 e. The minimum Gasteiger partial charge on any atom is -0.494 e. The summed E-state index contributed by atoms with van der Waals surface area (Å²) in [7, 11) is 0. The zero-order valence-corrected chi connectivity index (χ0v) is 15.9. The molecule has 1 atom stereocenters. The number of rotatable bonds is 5. The van der Waals surface area contributed by atoms with Gasteiger partial charge in [-0.1, -0.05) is 6.07 Å². The fraction of sp³-hybridized carbons (Fsp3) is 0.333. The molecule has 0 radical (unpaired) electrons. The van der Waals surface area contributed by atoms with Gasteiger partial charge in [-0.3, -0.25) is 4.79 Å². The molecule has 6 heteroatoms. The van der Waals surface area contributed by atoms with Crippen LogP contribution in [0.15, 0.2) is 42.5 Å². The summed E-state index contributed by atoms with van der Waals surface area (Å²) in [4.78, 5) is 26.6. The molecule has 3 rings (SSSR count). The van der Waals surface area contributed by atoms with E-state index in [4.69, 9.17) is 4.74 Å². The van der Waals surface area contributed by atoms with E-state index in [0.717, 1.165) is 17.0 Å². The summed E-state index contributed by atoms with van der Waals surface area (Å²) in [6, 6.07) is 12.2. The highest BCUT2D eigenvalue weighted by molar-refractivity contribution is 6.02. The maximum atomic E-state index is 12.7. The van der Waals surface area contributed by atoms with Crippen molar-refractivity contribution in [3.63, 3.8) is 0 Å². The summed E-state index contributed by atoms with van der Waals surface area (Å²) in [5.74, 6) is 0.665. The second kappa shape index (κ2) is 8.12. The number of aryl methyl sites for hydroxylation is 2. The first-order valence-corrected chi connectivity index (χ1v) is 9.17. The van der Waals surface area contributed by atoms with E-state index in [9.17, 15) is 9.59 Å². The molecule has 1 aliphatic heterocycles. The fourth-order valence-corrected chi connectivity index (χ4v) is 3.09. The van der Waals surface area contributed by atoms with Crippen molar-refractivity contribution in [3.05, 3.63) is 53.6 Å². The van der Waals surface area contributed by atoms with Crippen molar-refractivity contribution >= 4 is 23.3 Å². The lowest BCUT2D eigenvalue weighted by molar-refractivity contribution is -0.118. The SMILES string of the molecule is CCOc1ccc(NC(=O)N[C@@H]2CCN(c3ccc(C)c(C)c3)C2=O)cc1. The Bertz CT molecular complexity index is 833. The first kappa shape index (κ1) is 18.8. The summed E-state index contributed by atoms with van der Waals surface area (Å²) >= 11 is 0. The van der Waals surface area contributed by atoms with Crippen LogP contribution >= 0.6 is 0 Å². The highest BCUT2D eigenvalue weighted by Gasteiger charge is 2.33. The van der Waals surface area contributed by atoms with Crippen LogP contribution in [0.5, 0.6) is 5.75 Å². The van der Waals surface area contributed by atoms with E-state index in [1.807, 2.05) is 39.0 Å². The van der Waals surface area contributed by atoms with Gasteiger partial charge in [-0.05, 0) is 74.7 Å². The summed E-state index contributed by atoms with van der Waals surface area (Å²) in [6.07, 6.45) is 0.586. The Hall–Kier alpha value is -3.02. The number of nitrogens with one attached hydrogen (secondary N) is 2. The highest BCUT2D eigenvalue weighted by atomic mass is 16.5. The molecular formula is C21H25N3O3. The number of hydrogen-bond donors (Lipinski definition) is 2. The summed E-state index contributed by atoms with van der Waals surface area (Å²) < 4.78 is 5.38. The van der Waals surface area contributed by atoms with Gasteiger partial charge in [0.1, 0.15) is 11.8 Å². The van der Waals surface area contributed by atoms with Gasteiger partial charge in [-0.25, -0.2) is 4.79 Å². The van der Waals surface area contributed by atoms with Gasteiger partial charge >= 0.3 is 6.03 Å². The Labute approximate surface area is 159 Å². The standard InChI is InChI=1S/C21H25N3O3/c1-4-27-18-9-6-16(7-10-18)22-21(26)23-19-11-12-24(20(19)25)17-8-5-14(2)15(3)13-17/h5-10,13,19H,4,11-12H2,1-3H3,(H2,22,23,26)/t19-/m1/s1. The van der Waals surface area contributed by atoms with Crippen LogP contribution in [0.2, 0.25) is 0 Å². The molecule has 2 aromatic rings. The molecule has 0 aromatic heterocycles. The molecule has 3 amide bonds. The van der Waals surface area contributed by atoms with Crippen LogP contribution in [0.3, 0.4) is 0 Å². The van der Waals surface area contributed by atoms with Crippen LogP contribution < -0.4 is 20.3 Å². The van der Waals surface area contributed by atoms with E-state index in [0.29, 0.717) is 25.3 Å². The Morgan fingerprint density at radius 1 is 1.15 bits per heavy atom. The van der Waals surface area contributed by atoms with Gasteiger partial charge in [0.25, 0.3) is 0 Å². The van der Waals surface area contributed by atoms with Crippen molar-refractivity contribution < 1.29 is 14.3 Å². The van der Waals surface area contributed by atoms with Gasteiger partial charge in [0.15, 0.2) is 0 Å². The smallest absolute Gasteiger partial charge is 0.319 e. The van der Waals surface area contributed by atoms with Crippen LogP contribution in [-0.2, 0) is 4.79 Å². The first-order chi connectivity index (χ1) is 13.0. The van der Waals surface area contributed by atoms with E-state index in [1.54, 1.807) is 29.2 Å². The molecule has 0 spiro atoms. The van der Waals surface area contributed by atoms with Crippen LogP contribution in [0.25, 0.3) is 0 Å². The van der Waals surface area contributed by atoms with Gasteiger partial charge in [-0.2, -0.15) is 0 Å². The lowest BCUT2D eigenvalue weighted by Gasteiger charge is -2.18. The molecule has 6 nitrogen and oxygen atoms in total. The third-order valence-electron chi connectivity index (χ3n) is 4.74. The Morgan fingerprint density at radius 2 is 1.89 bits per heavy atom. The van der Waals surface area contributed by atoms with Crippen LogP contribution in [0.1, 0.15) is 24.5 Å². The summed E-state index contributed by atoms with van der Waals surface area (Å²) in [6.45, 7) is 7.17. The molecule has 2 aromatic carbocycles. The number of nitrogens with zero attached hydrogens (tertiary/aromatic N) is 1. The molecule has 1 heterocycles. The van der Waals surface area contributed by atoms with Gasteiger partial charge in [0.2, 0.25) is 5.91 Å². The van der Waals surface area contributed by atoms with Crippen molar-refractivity contribution in [3.8, 4) is 5.75 Å². The lowest BCUT2D eigenvalue weighted by Crippen LogP contribution is -2.43. The first-order valence-electron chi connectivity index (χ1n) is 9.17. The van der Waals surface area contributed by atoms with E-state index < -0.39 is 6.04 Å². The van der Waals surface area contributed by atoms with Crippen LogP contribution in [0.4, 0.5) is 16.2 Å². The Kier molecular flexibility index (Phi) is 5.64. The van der Waals surface area contributed by atoms with Crippen LogP contribution in [0, 0.1) is 13.8 Å². The number of ether oxygens (including phenoxy) is 1.